The van der Waals surface area contributed by atoms with E-state index in [-0.39, 0.29) is 6.09 Å². The van der Waals surface area contributed by atoms with Crippen molar-refractivity contribution in [2.24, 2.45) is 0 Å². The highest BCUT2D eigenvalue weighted by atomic mass is 16.6. The number of carbonyl (C=O) groups is 2. The molecule has 0 unspecified atom stereocenters. The van der Waals surface area contributed by atoms with Crippen molar-refractivity contribution in [2.75, 3.05) is 31.1 Å². The van der Waals surface area contributed by atoms with Crippen LogP contribution in [0.15, 0.2) is 12.3 Å². The van der Waals surface area contributed by atoms with Gasteiger partial charge in [0.25, 0.3) is 0 Å². The van der Waals surface area contributed by atoms with Crippen LogP contribution in [0.2, 0.25) is 0 Å². The van der Waals surface area contributed by atoms with Crippen LogP contribution in [0.5, 0.6) is 0 Å². The monoisotopic (exact) mass is 345 g/mol. The zero-order valence-electron chi connectivity index (χ0n) is 15.0. The molecule has 134 valence electrons. The Hall–Kier alpha value is -2.64. The molecule has 0 bridgehead atoms. The summed E-state index contributed by atoms with van der Waals surface area (Å²) in [4.78, 5) is 35.9. The van der Waals surface area contributed by atoms with Gasteiger partial charge in [0.05, 0.1) is 0 Å². The highest BCUT2D eigenvalue weighted by Gasteiger charge is 2.27. The first kappa shape index (κ1) is 17.2. The Morgan fingerprint density at radius 2 is 1.88 bits per heavy atom. The first-order valence-corrected chi connectivity index (χ1v) is 8.31. The van der Waals surface area contributed by atoms with Crippen LogP contribution in [0.4, 0.5) is 10.7 Å². The van der Waals surface area contributed by atoms with E-state index in [4.69, 9.17) is 4.74 Å². The molecule has 0 aromatic carbocycles. The average Bonchev–Trinajstić information content (AvgIpc) is 2.95. The fourth-order valence-electron chi connectivity index (χ4n) is 2.80. The second-order valence-electron chi connectivity index (χ2n) is 7.16. The molecule has 0 N–H and O–H groups in total. The quantitative estimate of drug-likeness (QED) is 0.774. The Labute approximate surface area is 146 Å². The van der Waals surface area contributed by atoms with E-state index in [1.54, 1.807) is 11.1 Å². The Morgan fingerprint density at radius 3 is 2.48 bits per heavy atom. The van der Waals surface area contributed by atoms with E-state index < -0.39 is 5.60 Å². The maximum atomic E-state index is 12.2. The third-order valence-electron chi connectivity index (χ3n) is 3.92. The van der Waals surface area contributed by atoms with E-state index in [1.165, 1.54) is 0 Å². The van der Waals surface area contributed by atoms with Gasteiger partial charge in [0, 0.05) is 44.1 Å². The summed E-state index contributed by atoms with van der Waals surface area (Å²) in [5.74, 6) is 0.736. The van der Waals surface area contributed by atoms with Crippen LogP contribution in [0.25, 0.3) is 5.65 Å². The second-order valence-corrected chi connectivity index (χ2v) is 7.16. The lowest BCUT2D eigenvalue weighted by molar-refractivity contribution is 0.0240. The van der Waals surface area contributed by atoms with Crippen molar-refractivity contribution < 1.29 is 14.3 Å². The SMILES string of the molecule is Cc1cc2nc(C=O)cn2c(N2CCN(C(=O)OC(C)(C)C)CC2)n1. The molecular formula is C17H23N5O3. The predicted molar refractivity (Wildman–Crippen MR) is 93.1 cm³/mol. The Balaban J connectivity index is 1.77. The minimum absolute atomic E-state index is 0.291. The molecule has 1 aliphatic rings. The molecule has 3 heterocycles. The van der Waals surface area contributed by atoms with E-state index in [0.29, 0.717) is 37.5 Å². The van der Waals surface area contributed by atoms with Gasteiger partial charge in [-0.05, 0) is 27.7 Å². The van der Waals surface area contributed by atoms with Crippen LogP contribution in [0.1, 0.15) is 37.0 Å². The number of hydrogen-bond donors (Lipinski definition) is 0. The van der Waals surface area contributed by atoms with Crippen molar-refractivity contribution >= 4 is 24.0 Å². The number of ether oxygens (including phenoxy) is 1. The molecule has 1 amide bonds. The largest absolute Gasteiger partial charge is 0.444 e. The first-order valence-electron chi connectivity index (χ1n) is 8.31. The standard InChI is InChI=1S/C17H23N5O3/c1-12-9-14-19-13(11-23)10-22(14)15(18-12)20-5-7-21(8-6-20)16(24)25-17(2,3)4/h9-11H,5-8H2,1-4H3. The summed E-state index contributed by atoms with van der Waals surface area (Å²) >= 11 is 0. The van der Waals surface area contributed by atoms with Gasteiger partial charge in [-0.2, -0.15) is 0 Å². The molecule has 0 spiro atoms. The van der Waals surface area contributed by atoms with Gasteiger partial charge >= 0.3 is 6.09 Å². The van der Waals surface area contributed by atoms with E-state index in [0.717, 1.165) is 17.9 Å². The Morgan fingerprint density at radius 1 is 1.20 bits per heavy atom. The topological polar surface area (TPSA) is 80.0 Å². The van der Waals surface area contributed by atoms with E-state index in [1.807, 2.05) is 38.2 Å². The van der Waals surface area contributed by atoms with Crippen molar-refractivity contribution in [1.29, 1.82) is 0 Å². The van der Waals surface area contributed by atoms with Crippen LogP contribution in [-0.4, -0.2) is 63.4 Å². The fourth-order valence-corrected chi connectivity index (χ4v) is 2.80. The zero-order valence-corrected chi connectivity index (χ0v) is 15.0. The number of carbonyl (C=O) groups excluding carboxylic acids is 2. The molecule has 2 aromatic heterocycles. The summed E-state index contributed by atoms with van der Waals surface area (Å²) < 4.78 is 7.24. The lowest BCUT2D eigenvalue weighted by Crippen LogP contribution is -2.50. The third kappa shape index (κ3) is 3.72. The number of aryl methyl sites for hydroxylation is 1. The summed E-state index contributed by atoms with van der Waals surface area (Å²) in [6.45, 7) is 9.87. The Kier molecular flexibility index (Phi) is 4.36. The molecule has 2 aromatic rings. The minimum atomic E-state index is -0.499. The molecule has 1 saturated heterocycles. The van der Waals surface area contributed by atoms with Gasteiger partial charge in [-0.25, -0.2) is 14.8 Å². The van der Waals surface area contributed by atoms with Crippen molar-refractivity contribution in [3.63, 3.8) is 0 Å². The van der Waals surface area contributed by atoms with Crippen molar-refractivity contribution in [1.82, 2.24) is 19.3 Å². The predicted octanol–water partition coefficient (Wildman–Crippen LogP) is 1.91. The third-order valence-corrected chi connectivity index (χ3v) is 3.92. The molecule has 1 fully saturated rings. The molecular weight excluding hydrogens is 322 g/mol. The number of hydrogen-bond acceptors (Lipinski definition) is 6. The van der Waals surface area contributed by atoms with E-state index >= 15 is 0 Å². The van der Waals surface area contributed by atoms with Gasteiger partial charge in [-0.15, -0.1) is 0 Å². The molecule has 0 radical (unpaired) electrons. The molecule has 0 atom stereocenters. The van der Waals surface area contributed by atoms with Gasteiger partial charge in [0.2, 0.25) is 5.95 Å². The first-order chi connectivity index (χ1) is 11.8. The minimum Gasteiger partial charge on any atom is -0.444 e. The number of piperazine rings is 1. The maximum Gasteiger partial charge on any atom is 0.410 e. The summed E-state index contributed by atoms with van der Waals surface area (Å²) in [6.07, 6.45) is 2.12. The van der Waals surface area contributed by atoms with Crippen LogP contribution in [0.3, 0.4) is 0 Å². The number of aldehydes is 1. The number of imidazole rings is 1. The van der Waals surface area contributed by atoms with Crippen molar-refractivity contribution in [2.45, 2.75) is 33.3 Å². The highest BCUT2D eigenvalue weighted by molar-refractivity contribution is 5.74. The number of anilines is 1. The zero-order chi connectivity index (χ0) is 18.2. The van der Waals surface area contributed by atoms with Crippen LogP contribution < -0.4 is 4.90 Å². The summed E-state index contributed by atoms with van der Waals surface area (Å²) in [6, 6.07) is 1.84. The van der Waals surface area contributed by atoms with Crippen LogP contribution >= 0.6 is 0 Å². The Bertz CT molecular complexity index is 800. The second kappa shape index (κ2) is 6.34. The van der Waals surface area contributed by atoms with E-state index in [9.17, 15) is 9.59 Å². The number of amides is 1. The van der Waals surface area contributed by atoms with Gasteiger partial charge in [-0.1, -0.05) is 0 Å². The lowest BCUT2D eigenvalue weighted by atomic mass is 10.2. The van der Waals surface area contributed by atoms with E-state index in [2.05, 4.69) is 14.9 Å². The summed E-state index contributed by atoms with van der Waals surface area (Å²) in [5.41, 5.74) is 1.40. The van der Waals surface area contributed by atoms with Gasteiger partial charge in [-0.3, -0.25) is 9.20 Å². The van der Waals surface area contributed by atoms with Crippen LogP contribution in [0, 0.1) is 6.92 Å². The van der Waals surface area contributed by atoms with Crippen molar-refractivity contribution in [3.05, 3.63) is 23.7 Å². The molecule has 1 aliphatic heterocycles. The van der Waals surface area contributed by atoms with Gasteiger partial charge in [0.15, 0.2) is 6.29 Å². The molecule has 8 heteroatoms. The van der Waals surface area contributed by atoms with Crippen molar-refractivity contribution in [3.8, 4) is 0 Å². The van der Waals surface area contributed by atoms with Gasteiger partial charge < -0.3 is 14.5 Å². The highest BCUT2D eigenvalue weighted by Crippen LogP contribution is 2.19. The summed E-state index contributed by atoms with van der Waals surface area (Å²) in [7, 11) is 0. The van der Waals surface area contributed by atoms with Crippen LogP contribution in [-0.2, 0) is 4.74 Å². The number of aromatic nitrogens is 3. The normalized spacial score (nSPS) is 15.5. The van der Waals surface area contributed by atoms with Gasteiger partial charge in [0.1, 0.15) is 16.9 Å². The fraction of sp³-hybridized carbons (Fsp3) is 0.529. The smallest absolute Gasteiger partial charge is 0.410 e. The number of fused-ring (bicyclic) bond motifs is 1. The maximum absolute atomic E-state index is 12.2. The summed E-state index contributed by atoms with van der Waals surface area (Å²) in [5, 5.41) is 0. The molecule has 0 saturated carbocycles. The number of nitrogens with zero attached hydrogens (tertiary/aromatic N) is 5. The number of rotatable bonds is 2. The molecule has 8 nitrogen and oxygen atoms in total. The molecule has 0 aliphatic carbocycles. The lowest BCUT2D eigenvalue weighted by Gasteiger charge is -2.36. The molecule has 3 rings (SSSR count). The molecule has 25 heavy (non-hydrogen) atoms. The average molecular weight is 345 g/mol.